The normalized spacial score (nSPS) is 17.0. The predicted octanol–water partition coefficient (Wildman–Crippen LogP) is 4.51. The summed E-state index contributed by atoms with van der Waals surface area (Å²) < 4.78 is 8.50. The van der Waals surface area contributed by atoms with E-state index in [1.54, 1.807) is 22.2 Å². The van der Waals surface area contributed by atoms with Crippen LogP contribution >= 0.6 is 22.9 Å². The summed E-state index contributed by atoms with van der Waals surface area (Å²) in [4.78, 5) is 20.1. The van der Waals surface area contributed by atoms with Crippen LogP contribution in [-0.2, 0) is 11.8 Å². The van der Waals surface area contributed by atoms with Crippen LogP contribution in [0.25, 0.3) is 43.8 Å². The molecule has 5 aromatic heterocycles. The number of aromatic nitrogens is 6. The van der Waals surface area contributed by atoms with E-state index >= 15 is 0 Å². The molecule has 8 nitrogen and oxygen atoms in total. The molecule has 6 rings (SSSR count). The Balaban J connectivity index is 1.65. The number of aromatic amines is 1. The molecule has 0 bridgehead atoms. The molecule has 32 heavy (non-hydrogen) atoms. The molecule has 0 amide bonds. The standard InChI is InChI=1S/C22H20ClN7OS/c1-12-10-31-6-5-30(12)22-20-18(15(11-32-20)19-16(23)8-26-29(19)2)27-21(28-22)14-7-24-9-17-13(14)3-4-25-17/h3-4,7-9,11-12,25H,5-6,10H2,1-2H3/t12-/m1/s1. The third-order valence-electron chi connectivity index (χ3n) is 5.90. The minimum absolute atomic E-state index is 0.210. The van der Waals surface area contributed by atoms with E-state index in [4.69, 9.17) is 26.3 Å². The van der Waals surface area contributed by atoms with Gasteiger partial charge in [-0.3, -0.25) is 9.67 Å². The molecule has 1 atom stereocenters. The maximum atomic E-state index is 6.51. The predicted molar refractivity (Wildman–Crippen MR) is 127 cm³/mol. The molecular weight excluding hydrogens is 446 g/mol. The molecule has 0 unspecified atom stereocenters. The molecule has 1 aliphatic rings. The summed E-state index contributed by atoms with van der Waals surface area (Å²) >= 11 is 8.14. The number of hydrogen-bond donors (Lipinski definition) is 1. The lowest BCUT2D eigenvalue weighted by atomic mass is 10.1. The van der Waals surface area contributed by atoms with Crippen molar-refractivity contribution in [2.24, 2.45) is 7.05 Å². The van der Waals surface area contributed by atoms with E-state index in [2.05, 4.69) is 32.3 Å². The molecule has 6 heterocycles. The molecule has 1 saturated heterocycles. The summed E-state index contributed by atoms with van der Waals surface area (Å²) in [6.07, 6.45) is 7.21. The van der Waals surface area contributed by atoms with Crippen molar-refractivity contribution in [2.75, 3.05) is 24.7 Å². The van der Waals surface area contributed by atoms with Gasteiger partial charge < -0.3 is 14.6 Å². The largest absolute Gasteiger partial charge is 0.377 e. The van der Waals surface area contributed by atoms with Gasteiger partial charge in [0.1, 0.15) is 0 Å². The van der Waals surface area contributed by atoms with E-state index in [9.17, 15) is 0 Å². The maximum absolute atomic E-state index is 6.51. The average molecular weight is 466 g/mol. The Morgan fingerprint density at radius 2 is 2.12 bits per heavy atom. The van der Waals surface area contributed by atoms with Gasteiger partial charge in [-0.05, 0) is 13.0 Å². The maximum Gasteiger partial charge on any atom is 0.164 e. The van der Waals surface area contributed by atoms with Gasteiger partial charge in [0, 0.05) is 47.9 Å². The summed E-state index contributed by atoms with van der Waals surface area (Å²) in [5.74, 6) is 1.56. The number of halogens is 1. The van der Waals surface area contributed by atoms with Gasteiger partial charge in [-0.1, -0.05) is 11.6 Å². The van der Waals surface area contributed by atoms with Gasteiger partial charge in [0.2, 0.25) is 0 Å². The number of aryl methyl sites for hydroxylation is 1. The van der Waals surface area contributed by atoms with E-state index in [-0.39, 0.29) is 6.04 Å². The number of ether oxygens (including phenoxy) is 1. The van der Waals surface area contributed by atoms with Crippen LogP contribution in [-0.4, -0.2) is 55.5 Å². The first-order chi connectivity index (χ1) is 15.6. The number of nitrogens with one attached hydrogen (secondary N) is 1. The van der Waals surface area contributed by atoms with Crippen molar-refractivity contribution in [3.63, 3.8) is 0 Å². The minimum atomic E-state index is 0.210. The Hall–Kier alpha value is -3.01. The summed E-state index contributed by atoms with van der Waals surface area (Å²) in [5, 5.41) is 8.05. The number of morpholine rings is 1. The summed E-state index contributed by atoms with van der Waals surface area (Å²) in [6, 6.07) is 2.24. The van der Waals surface area contributed by atoms with Gasteiger partial charge in [0.05, 0.1) is 58.1 Å². The van der Waals surface area contributed by atoms with Crippen LogP contribution in [0, 0.1) is 0 Å². The number of thiophene rings is 1. The van der Waals surface area contributed by atoms with Crippen LogP contribution in [0.2, 0.25) is 5.02 Å². The van der Waals surface area contributed by atoms with E-state index in [0.717, 1.165) is 50.3 Å². The average Bonchev–Trinajstić information content (AvgIpc) is 3.52. The third kappa shape index (κ3) is 3.00. The first kappa shape index (κ1) is 19.7. The summed E-state index contributed by atoms with van der Waals surface area (Å²) in [7, 11) is 1.89. The van der Waals surface area contributed by atoms with Crippen LogP contribution in [0.15, 0.2) is 36.2 Å². The van der Waals surface area contributed by atoms with Gasteiger partial charge in [-0.15, -0.1) is 11.3 Å². The highest BCUT2D eigenvalue weighted by molar-refractivity contribution is 7.18. The highest BCUT2D eigenvalue weighted by Crippen LogP contribution is 2.41. The van der Waals surface area contributed by atoms with Gasteiger partial charge in [0.25, 0.3) is 0 Å². The summed E-state index contributed by atoms with van der Waals surface area (Å²) in [5.41, 5.74) is 4.51. The highest BCUT2D eigenvalue weighted by atomic mass is 35.5. The zero-order valence-corrected chi connectivity index (χ0v) is 19.1. The van der Waals surface area contributed by atoms with Crippen molar-refractivity contribution in [2.45, 2.75) is 13.0 Å². The second-order valence-electron chi connectivity index (χ2n) is 7.91. The lowest BCUT2D eigenvalue weighted by Crippen LogP contribution is -2.44. The molecule has 162 valence electrons. The number of H-pyrrole nitrogens is 1. The summed E-state index contributed by atoms with van der Waals surface area (Å²) in [6.45, 7) is 4.28. The highest BCUT2D eigenvalue weighted by Gasteiger charge is 2.27. The third-order valence-corrected chi connectivity index (χ3v) is 7.15. The van der Waals surface area contributed by atoms with Crippen molar-refractivity contribution in [1.29, 1.82) is 0 Å². The Morgan fingerprint density at radius 3 is 2.94 bits per heavy atom. The smallest absolute Gasteiger partial charge is 0.164 e. The second-order valence-corrected chi connectivity index (χ2v) is 9.19. The quantitative estimate of drug-likeness (QED) is 0.422. The molecule has 1 fully saturated rings. The van der Waals surface area contributed by atoms with Crippen LogP contribution in [0.4, 0.5) is 5.82 Å². The van der Waals surface area contributed by atoms with Crippen LogP contribution in [0.5, 0.6) is 0 Å². The van der Waals surface area contributed by atoms with E-state index in [1.165, 1.54) is 0 Å². The fraction of sp³-hybridized carbons (Fsp3) is 0.273. The van der Waals surface area contributed by atoms with Crippen molar-refractivity contribution in [3.8, 4) is 22.6 Å². The van der Waals surface area contributed by atoms with Crippen molar-refractivity contribution in [1.82, 2.24) is 29.7 Å². The number of hydrogen-bond acceptors (Lipinski definition) is 7. The Labute approximate surface area is 192 Å². The van der Waals surface area contributed by atoms with Crippen LogP contribution < -0.4 is 4.90 Å². The van der Waals surface area contributed by atoms with Gasteiger partial charge >= 0.3 is 0 Å². The number of fused-ring (bicyclic) bond motifs is 2. The molecule has 0 aliphatic carbocycles. The fourth-order valence-corrected chi connectivity index (χ4v) is 5.56. The molecule has 0 aromatic carbocycles. The number of anilines is 1. The Bertz CT molecular complexity index is 1440. The van der Waals surface area contributed by atoms with E-state index in [0.29, 0.717) is 24.1 Å². The molecule has 0 spiro atoms. The van der Waals surface area contributed by atoms with Crippen molar-refractivity contribution >= 4 is 49.9 Å². The van der Waals surface area contributed by atoms with Crippen molar-refractivity contribution in [3.05, 3.63) is 41.3 Å². The first-order valence-corrected chi connectivity index (χ1v) is 11.6. The minimum Gasteiger partial charge on any atom is -0.377 e. The van der Waals surface area contributed by atoms with E-state index in [1.807, 2.05) is 31.7 Å². The molecule has 1 N–H and O–H groups in total. The zero-order chi connectivity index (χ0) is 21.8. The lowest BCUT2D eigenvalue weighted by Gasteiger charge is -2.34. The molecule has 10 heteroatoms. The lowest BCUT2D eigenvalue weighted by molar-refractivity contribution is 0.0987. The number of pyridine rings is 1. The van der Waals surface area contributed by atoms with Gasteiger partial charge in [-0.2, -0.15) is 5.10 Å². The first-order valence-electron chi connectivity index (χ1n) is 10.3. The topological polar surface area (TPSA) is 84.8 Å². The molecular formula is C22H20ClN7OS. The Kier molecular flexibility index (Phi) is 4.63. The molecule has 5 aromatic rings. The van der Waals surface area contributed by atoms with Crippen molar-refractivity contribution < 1.29 is 4.74 Å². The van der Waals surface area contributed by atoms with Crippen LogP contribution in [0.1, 0.15) is 6.92 Å². The fourth-order valence-electron chi connectivity index (χ4n) is 4.30. The SMILES string of the molecule is C[C@@H]1COCCN1c1nc(-c2cncc3[nH]ccc23)nc2c(-c3c(Cl)cnn3C)csc12. The molecule has 1 aliphatic heterocycles. The van der Waals surface area contributed by atoms with Gasteiger partial charge in [-0.25, -0.2) is 9.97 Å². The monoisotopic (exact) mass is 465 g/mol. The number of rotatable bonds is 3. The second kappa shape index (κ2) is 7.54. The molecule has 0 saturated carbocycles. The zero-order valence-electron chi connectivity index (χ0n) is 17.5. The Morgan fingerprint density at radius 1 is 1.22 bits per heavy atom. The molecule has 0 radical (unpaired) electrons. The van der Waals surface area contributed by atoms with E-state index < -0.39 is 0 Å². The van der Waals surface area contributed by atoms with Crippen LogP contribution in [0.3, 0.4) is 0 Å². The number of nitrogens with zero attached hydrogens (tertiary/aromatic N) is 6. The van der Waals surface area contributed by atoms with Gasteiger partial charge in [0.15, 0.2) is 11.6 Å².